The molecule has 0 saturated heterocycles. The van der Waals surface area contributed by atoms with Crippen LogP contribution in [0.3, 0.4) is 0 Å². The molecule has 20 heavy (non-hydrogen) atoms. The van der Waals surface area contributed by atoms with E-state index in [1.807, 2.05) is 12.1 Å². The molecule has 3 rings (SSSR count). The summed E-state index contributed by atoms with van der Waals surface area (Å²) in [6.45, 7) is 2.17. The van der Waals surface area contributed by atoms with Crippen LogP contribution < -0.4 is 5.32 Å². The topological polar surface area (TPSA) is 12.0 Å². The smallest absolute Gasteiger partial charge is 0.123 e. The number of rotatable bonds is 3. The van der Waals surface area contributed by atoms with Gasteiger partial charge in [-0.2, -0.15) is 0 Å². The molecular weight excluding hydrogens is 317 g/mol. The molecule has 0 bridgehead atoms. The molecule has 0 heterocycles. The first-order chi connectivity index (χ1) is 9.63. The summed E-state index contributed by atoms with van der Waals surface area (Å²) in [4.78, 5) is 0. The molecule has 1 unspecified atom stereocenters. The average Bonchev–Trinajstić information content (AvgIpc) is 2.81. The van der Waals surface area contributed by atoms with Crippen molar-refractivity contribution in [2.45, 2.75) is 31.8 Å². The van der Waals surface area contributed by atoms with Crippen LogP contribution in [0.25, 0.3) is 0 Å². The third-order valence-corrected chi connectivity index (χ3v) is 4.48. The molecule has 1 N–H and O–H groups in total. The zero-order chi connectivity index (χ0) is 14.1. The molecule has 3 heteroatoms. The molecule has 0 aromatic heterocycles. The molecular formula is C17H17BrFN. The zero-order valence-corrected chi connectivity index (χ0v) is 13.0. The van der Waals surface area contributed by atoms with Gasteiger partial charge in [-0.25, -0.2) is 4.39 Å². The van der Waals surface area contributed by atoms with Gasteiger partial charge < -0.3 is 5.32 Å². The van der Waals surface area contributed by atoms with Crippen molar-refractivity contribution < 1.29 is 4.39 Å². The van der Waals surface area contributed by atoms with Gasteiger partial charge in [0, 0.05) is 16.6 Å². The number of halogens is 2. The van der Waals surface area contributed by atoms with E-state index in [1.165, 1.54) is 11.1 Å². The second-order valence-electron chi connectivity index (χ2n) is 5.38. The van der Waals surface area contributed by atoms with Gasteiger partial charge in [-0.3, -0.25) is 0 Å². The van der Waals surface area contributed by atoms with Crippen molar-refractivity contribution in [2.24, 2.45) is 0 Å². The average molecular weight is 334 g/mol. The monoisotopic (exact) mass is 333 g/mol. The third-order valence-electron chi connectivity index (χ3n) is 3.98. The predicted molar refractivity (Wildman–Crippen MR) is 83.2 cm³/mol. The lowest BCUT2D eigenvalue weighted by Gasteiger charge is -2.21. The van der Waals surface area contributed by atoms with Gasteiger partial charge in [0.1, 0.15) is 5.82 Å². The summed E-state index contributed by atoms with van der Waals surface area (Å²) < 4.78 is 14.3. The minimum atomic E-state index is -0.135. The molecule has 1 aliphatic rings. The molecule has 2 aromatic rings. The summed E-state index contributed by atoms with van der Waals surface area (Å²) in [5.41, 5.74) is 3.65. The Morgan fingerprint density at radius 2 is 2.10 bits per heavy atom. The van der Waals surface area contributed by atoms with Crippen LogP contribution in [0.15, 0.2) is 46.9 Å². The summed E-state index contributed by atoms with van der Waals surface area (Å²) in [6, 6.07) is 14.1. The molecule has 104 valence electrons. The van der Waals surface area contributed by atoms with E-state index >= 15 is 0 Å². The molecule has 0 fully saturated rings. The van der Waals surface area contributed by atoms with Gasteiger partial charge in [0.2, 0.25) is 0 Å². The van der Waals surface area contributed by atoms with Gasteiger partial charge >= 0.3 is 0 Å². The van der Waals surface area contributed by atoms with Crippen LogP contribution in [-0.2, 0) is 6.42 Å². The van der Waals surface area contributed by atoms with E-state index in [-0.39, 0.29) is 11.9 Å². The standard InChI is InChI=1S/C17H17BrFN/c1-11(12-3-2-4-14(18)9-12)20-17-8-5-13-10-15(19)6-7-16(13)17/h2-4,6-7,9-11,17,20H,5,8H2,1H3/t11-,17?/m0/s1. The molecule has 1 nitrogen and oxygen atoms in total. The fourth-order valence-electron chi connectivity index (χ4n) is 2.93. The first-order valence-corrected chi connectivity index (χ1v) is 7.72. The van der Waals surface area contributed by atoms with Crippen molar-refractivity contribution in [3.63, 3.8) is 0 Å². The summed E-state index contributed by atoms with van der Waals surface area (Å²) in [5, 5.41) is 3.65. The van der Waals surface area contributed by atoms with Crippen LogP contribution in [0.2, 0.25) is 0 Å². The Labute approximate surface area is 127 Å². The number of benzene rings is 2. The molecule has 0 saturated carbocycles. The fourth-order valence-corrected chi connectivity index (χ4v) is 3.35. The van der Waals surface area contributed by atoms with Gasteiger partial charge in [-0.1, -0.05) is 34.1 Å². The maximum absolute atomic E-state index is 13.2. The molecule has 0 radical (unpaired) electrons. The Balaban J connectivity index is 1.77. The summed E-state index contributed by atoms with van der Waals surface area (Å²) in [5.74, 6) is -0.135. The lowest BCUT2D eigenvalue weighted by atomic mass is 10.0. The van der Waals surface area contributed by atoms with Crippen LogP contribution in [0, 0.1) is 5.82 Å². The number of nitrogens with one attached hydrogen (secondary N) is 1. The maximum atomic E-state index is 13.2. The van der Waals surface area contributed by atoms with Crippen LogP contribution >= 0.6 is 15.9 Å². The quantitative estimate of drug-likeness (QED) is 0.839. The van der Waals surface area contributed by atoms with Crippen molar-refractivity contribution in [3.8, 4) is 0 Å². The van der Waals surface area contributed by atoms with Crippen molar-refractivity contribution >= 4 is 15.9 Å². The number of hydrogen-bond donors (Lipinski definition) is 1. The van der Waals surface area contributed by atoms with Gasteiger partial charge in [0.25, 0.3) is 0 Å². The summed E-state index contributed by atoms with van der Waals surface area (Å²) in [6.07, 6.45) is 1.99. The highest BCUT2D eigenvalue weighted by Crippen LogP contribution is 2.33. The minimum Gasteiger partial charge on any atom is -0.303 e. The van der Waals surface area contributed by atoms with Crippen molar-refractivity contribution in [3.05, 3.63) is 69.4 Å². The first-order valence-electron chi connectivity index (χ1n) is 6.93. The van der Waals surface area contributed by atoms with E-state index in [0.29, 0.717) is 6.04 Å². The largest absolute Gasteiger partial charge is 0.303 e. The van der Waals surface area contributed by atoms with E-state index in [0.717, 1.165) is 22.9 Å². The van der Waals surface area contributed by atoms with Crippen LogP contribution in [-0.4, -0.2) is 0 Å². The van der Waals surface area contributed by atoms with Gasteiger partial charge in [-0.15, -0.1) is 0 Å². The summed E-state index contributed by atoms with van der Waals surface area (Å²) >= 11 is 3.51. The van der Waals surface area contributed by atoms with Crippen LogP contribution in [0.5, 0.6) is 0 Å². The summed E-state index contributed by atoms with van der Waals surface area (Å²) in [7, 11) is 0. The van der Waals surface area contributed by atoms with Crippen LogP contribution in [0.1, 0.15) is 42.1 Å². The van der Waals surface area contributed by atoms with Crippen LogP contribution in [0.4, 0.5) is 4.39 Å². The molecule has 0 spiro atoms. The van der Waals surface area contributed by atoms with Crippen molar-refractivity contribution in [1.29, 1.82) is 0 Å². The fraction of sp³-hybridized carbons (Fsp3) is 0.294. The Hall–Kier alpha value is -1.19. The van der Waals surface area contributed by atoms with E-state index in [2.05, 4.69) is 46.4 Å². The lowest BCUT2D eigenvalue weighted by molar-refractivity contribution is 0.465. The molecule has 2 atom stereocenters. The highest BCUT2D eigenvalue weighted by Gasteiger charge is 2.24. The normalized spacial score (nSPS) is 18.9. The van der Waals surface area contributed by atoms with E-state index in [1.54, 1.807) is 12.1 Å². The lowest BCUT2D eigenvalue weighted by Crippen LogP contribution is -2.23. The number of aryl methyl sites for hydroxylation is 1. The minimum absolute atomic E-state index is 0.135. The van der Waals surface area contributed by atoms with Gasteiger partial charge in [-0.05, 0) is 60.7 Å². The Morgan fingerprint density at radius 3 is 2.90 bits per heavy atom. The van der Waals surface area contributed by atoms with Crippen molar-refractivity contribution in [2.75, 3.05) is 0 Å². The SMILES string of the molecule is C[C@H](NC1CCc2cc(F)ccc21)c1cccc(Br)c1. The predicted octanol–water partition coefficient (Wildman–Crippen LogP) is 4.93. The number of hydrogen-bond acceptors (Lipinski definition) is 1. The van der Waals surface area contributed by atoms with E-state index < -0.39 is 0 Å². The van der Waals surface area contributed by atoms with Crippen molar-refractivity contribution in [1.82, 2.24) is 5.32 Å². The van der Waals surface area contributed by atoms with Gasteiger partial charge in [0.15, 0.2) is 0 Å². The highest BCUT2D eigenvalue weighted by molar-refractivity contribution is 9.10. The highest BCUT2D eigenvalue weighted by atomic mass is 79.9. The molecule has 1 aliphatic carbocycles. The maximum Gasteiger partial charge on any atom is 0.123 e. The Kier molecular flexibility index (Phi) is 3.90. The second-order valence-corrected chi connectivity index (χ2v) is 6.29. The zero-order valence-electron chi connectivity index (χ0n) is 11.4. The molecule has 2 aromatic carbocycles. The second kappa shape index (κ2) is 5.66. The third kappa shape index (κ3) is 2.79. The number of fused-ring (bicyclic) bond motifs is 1. The Bertz CT molecular complexity index is 626. The Morgan fingerprint density at radius 1 is 1.25 bits per heavy atom. The van der Waals surface area contributed by atoms with E-state index in [9.17, 15) is 4.39 Å². The van der Waals surface area contributed by atoms with E-state index in [4.69, 9.17) is 0 Å². The molecule has 0 amide bonds. The van der Waals surface area contributed by atoms with Gasteiger partial charge in [0.05, 0.1) is 0 Å². The first kappa shape index (κ1) is 13.8. The molecule has 0 aliphatic heterocycles.